The molecule has 21 heteroatoms. The van der Waals surface area contributed by atoms with Crippen LogP contribution in [-0.2, 0) is 39.0 Å². The van der Waals surface area contributed by atoms with E-state index in [0.717, 1.165) is 0 Å². The van der Waals surface area contributed by atoms with Crippen LogP contribution in [0, 0.1) is 12.3 Å². The summed E-state index contributed by atoms with van der Waals surface area (Å²) in [6.45, 7) is 5.86. The van der Waals surface area contributed by atoms with Crippen LogP contribution in [0.5, 0.6) is 5.75 Å². The summed E-state index contributed by atoms with van der Waals surface area (Å²) in [6.07, 6.45) is 2.14. The molecule has 53 heavy (non-hydrogen) atoms. The van der Waals surface area contributed by atoms with Gasteiger partial charge in [-0.15, -0.1) is 0 Å². The Labute approximate surface area is 300 Å². The number of phosphoric acid groups is 1. The molecule has 2 aliphatic rings. The summed E-state index contributed by atoms with van der Waals surface area (Å²) in [6, 6.07) is 5.55. The number of aryl methyl sites for hydroxylation is 1. The quantitative estimate of drug-likeness (QED) is 0.0490. The number of rotatable bonds is 13. The van der Waals surface area contributed by atoms with Gasteiger partial charge in [0.1, 0.15) is 18.2 Å². The van der Waals surface area contributed by atoms with Crippen LogP contribution in [0.15, 0.2) is 62.6 Å². The van der Waals surface area contributed by atoms with E-state index in [1.165, 1.54) is 30.3 Å². The zero-order valence-corrected chi connectivity index (χ0v) is 30.1. The van der Waals surface area contributed by atoms with Gasteiger partial charge in [0, 0.05) is 23.1 Å². The van der Waals surface area contributed by atoms with Crippen LogP contribution in [0.2, 0.25) is 0 Å². The number of imidazole rings is 1. The van der Waals surface area contributed by atoms with E-state index in [1.54, 1.807) is 49.6 Å². The molecule has 6 rings (SSSR count). The van der Waals surface area contributed by atoms with E-state index in [4.69, 9.17) is 27.8 Å². The summed E-state index contributed by atoms with van der Waals surface area (Å²) in [5.74, 6) is -0.0946. The highest BCUT2D eigenvalue weighted by Crippen LogP contribution is 2.52. The third-order valence-electron chi connectivity index (χ3n) is 8.57. The molecular formula is C32H38N9O11P. The molecule has 2 aliphatic heterocycles. The molecule has 20 nitrogen and oxygen atoms in total. The van der Waals surface area contributed by atoms with Gasteiger partial charge in [-0.1, -0.05) is 17.2 Å². The second kappa shape index (κ2) is 15.6. The number of hydrogen-bond acceptors (Lipinski definition) is 14. The number of carbonyl (C=O) groups is 1. The number of nitrogens with zero attached hydrogens (tertiary/aromatic N) is 7. The third kappa shape index (κ3) is 8.82. The van der Waals surface area contributed by atoms with Gasteiger partial charge >= 0.3 is 19.5 Å². The fourth-order valence-electron chi connectivity index (χ4n) is 5.63. The highest BCUT2D eigenvalue weighted by atomic mass is 31.2. The van der Waals surface area contributed by atoms with Gasteiger partial charge in [0.25, 0.3) is 11.1 Å². The van der Waals surface area contributed by atoms with Crippen molar-refractivity contribution in [3.8, 4) is 5.75 Å². The Kier molecular flexibility index (Phi) is 11.1. The number of carbonyl (C=O) groups excluding carboxylic acids is 1. The zero-order valence-electron chi connectivity index (χ0n) is 29.2. The SMILES string of the molecule is Cc1cn([C@H]2C[C@H](N=[N+]=[N-])[C@@H](COP(=O)(OCc3ccc(OC(=O)C(C)(C)C)cc3)OC[C@H]3CC[C@@H](n4cnc5c(=O)[nH]cnc54)O3)O2)c(=O)[nH]c1=O. The molecule has 2 saturated heterocycles. The average molecular weight is 756 g/mol. The number of benzene rings is 1. The number of fused-ring (bicyclic) bond motifs is 1. The average Bonchev–Trinajstić information content (AvgIpc) is 3.87. The fourth-order valence-corrected chi connectivity index (χ4v) is 6.84. The van der Waals surface area contributed by atoms with Crippen molar-refractivity contribution >= 4 is 25.0 Å². The lowest BCUT2D eigenvalue weighted by Gasteiger charge is -2.23. The molecule has 0 bridgehead atoms. The maximum Gasteiger partial charge on any atom is 0.475 e. The second-order valence-electron chi connectivity index (χ2n) is 13.6. The van der Waals surface area contributed by atoms with Crippen LogP contribution in [-0.4, -0.2) is 66.5 Å². The first-order valence-corrected chi connectivity index (χ1v) is 18.1. The normalized spacial score (nSPS) is 22.8. The highest BCUT2D eigenvalue weighted by molar-refractivity contribution is 7.48. The van der Waals surface area contributed by atoms with Crippen LogP contribution >= 0.6 is 7.82 Å². The van der Waals surface area contributed by atoms with Crippen molar-refractivity contribution < 1.29 is 37.1 Å². The van der Waals surface area contributed by atoms with Crippen LogP contribution in [0.3, 0.4) is 0 Å². The van der Waals surface area contributed by atoms with Crippen molar-refractivity contribution in [2.45, 2.75) is 84.3 Å². The number of azide groups is 1. The number of hydrogen-bond donors (Lipinski definition) is 2. The first-order chi connectivity index (χ1) is 25.2. The Hall–Kier alpha value is -4.94. The van der Waals surface area contributed by atoms with Crippen molar-refractivity contribution in [2.24, 2.45) is 10.5 Å². The zero-order chi connectivity index (χ0) is 37.9. The Morgan fingerprint density at radius 1 is 1.04 bits per heavy atom. The lowest BCUT2D eigenvalue weighted by molar-refractivity contribution is -0.143. The minimum Gasteiger partial charge on any atom is -0.426 e. The number of ether oxygens (including phenoxy) is 3. The molecule has 1 unspecified atom stereocenters. The predicted octanol–water partition coefficient (Wildman–Crippen LogP) is 3.93. The van der Waals surface area contributed by atoms with Gasteiger partial charge < -0.3 is 19.2 Å². The summed E-state index contributed by atoms with van der Waals surface area (Å²) in [5, 5.41) is 3.78. The largest absolute Gasteiger partial charge is 0.475 e. The Bertz CT molecular complexity index is 2240. The molecule has 1 aromatic carbocycles. The van der Waals surface area contributed by atoms with E-state index >= 15 is 0 Å². The molecule has 0 amide bonds. The van der Waals surface area contributed by atoms with E-state index in [0.29, 0.717) is 29.8 Å². The topological polar surface area (TPSA) is 257 Å². The van der Waals surface area contributed by atoms with E-state index in [1.807, 2.05) is 0 Å². The van der Waals surface area contributed by atoms with E-state index in [-0.39, 0.29) is 36.3 Å². The number of phosphoric ester groups is 1. The molecule has 6 atom stereocenters. The summed E-state index contributed by atoms with van der Waals surface area (Å²) in [7, 11) is -4.41. The van der Waals surface area contributed by atoms with Crippen LogP contribution in [0.4, 0.5) is 0 Å². The molecule has 0 radical (unpaired) electrons. The van der Waals surface area contributed by atoms with Crippen LogP contribution in [0.25, 0.3) is 21.6 Å². The molecule has 0 saturated carbocycles. The minimum absolute atomic E-state index is 0.0581. The summed E-state index contributed by atoms with van der Waals surface area (Å²) in [4.78, 5) is 64.8. The lowest BCUT2D eigenvalue weighted by atomic mass is 9.97. The molecule has 282 valence electrons. The molecule has 3 aromatic heterocycles. The molecule has 0 spiro atoms. The van der Waals surface area contributed by atoms with Gasteiger partial charge in [-0.3, -0.25) is 42.1 Å². The maximum atomic E-state index is 14.2. The van der Waals surface area contributed by atoms with E-state index < -0.39 is 67.8 Å². The Morgan fingerprint density at radius 3 is 2.53 bits per heavy atom. The maximum absolute atomic E-state index is 14.2. The van der Waals surface area contributed by atoms with E-state index in [2.05, 4.69) is 30.0 Å². The first-order valence-electron chi connectivity index (χ1n) is 16.7. The first kappa shape index (κ1) is 37.8. The van der Waals surface area contributed by atoms with Crippen molar-refractivity contribution in [3.05, 3.63) is 95.9 Å². The van der Waals surface area contributed by atoms with Gasteiger partial charge in [-0.05, 0) is 63.8 Å². The molecule has 0 aliphatic carbocycles. The molecule has 5 heterocycles. The predicted molar refractivity (Wildman–Crippen MR) is 185 cm³/mol. The Morgan fingerprint density at radius 2 is 1.79 bits per heavy atom. The molecular weight excluding hydrogens is 717 g/mol. The summed E-state index contributed by atoms with van der Waals surface area (Å²) in [5.41, 5.74) is 8.20. The summed E-state index contributed by atoms with van der Waals surface area (Å²) < 4.78 is 51.9. The highest BCUT2D eigenvalue weighted by Gasteiger charge is 2.40. The molecule has 2 fully saturated rings. The number of aromatic nitrogens is 6. The third-order valence-corrected chi connectivity index (χ3v) is 9.95. The van der Waals surface area contributed by atoms with Crippen LogP contribution < -0.4 is 21.5 Å². The van der Waals surface area contributed by atoms with Gasteiger partial charge in [0.2, 0.25) is 0 Å². The number of esters is 1. The van der Waals surface area contributed by atoms with Gasteiger partial charge in [0.15, 0.2) is 11.2 Å². The number of nitrogens with one attached hydrogen (secondary N) is 2. The smallest absolute Gasteiger partial charge is 0.426 e. The standard InChI is InChI=1S/C32H38N9O11P/c1-18-12-40(31(45)37-28(18)42)25-11-22(38-39-33)23(52-25)15-49-53(46,47-13-19-5-7-20(8-6-19)51-30(44)32(2,3)4)48-14-21-9-10-24(50-21)41-17-36-26-27(41)34-16-35-29(26)43/h5-8,12,16-17,21-25H,9-11,13-15H2,1-4H3,(H,34,35,43)(H,37,42,45)/t21-,22+,23-,24+,25-,53?/m1/s1. The summed E-state index contributed by atoms with van der Waals surface area (Å²) >= 11 is 0. The van der Waals surface area contributed by atoms with Gasteiger partial charge in [-0.25, -0.2) is 19.3 Å². The monoisotopic (exact) mass is 755 g/mol. The van der Waals surface area contributed by atoms with Gasteiger partial charge in [0.05, 0.1) is 56.1 Å². The lowest BCUT2D eigenvalue weighted by Crippen LogP contribution is -2.33. The molecule has 4 aromatic rings. The van der Waals surface area contributed by atoms with Gasteiger partial charge in [-0.2, -0.15) is 0 Å². The Balaban J connectivity index is 1.15. The van der Waals surface area contributed by atoms with Crippen LogP contribution in [0.1, 0.15) is 63.6 Å². The molecule has 2 N–H and O–H groups in total. The fraction of sp³-hybridized carbons (Fsp3) is 0.500. The van der Waals surface area contributed by atoms with Crippen molar-refractivity contribution in [2.75, 3.05) is 13.2 Å². The van der Waals surface area contributed by atoms with Crippen molar-refractivity contribution in [1.29, 1.82) is 0 Å². The minimum atomic E-state index is -4.41. The van der Waals surface area contributed by atoms with Crippen molar-refractivity contribution in [3.63, 3.8) is 0 Å². The number of H-pyrrole nitrogens is 2. The van der Waals surface area contributed by atoms with Crippen molar-refractivity contribution in [1.82, 2.24) is 29.1 Å². The number of aromatic amines is 2. The van der Waals surface area contributed by atoms with E-state index in [9.17, 15) is 29.3 Å². The second-order valence-corrected chi connectivity index (χ2v) is 15.2.